The molecular formula is C24H24N2O4. The summed E-state index contributed by atoms with van der Waals surface area (Å²) in [5.74, 6) is 0.326. The van der Waals surface area contributed by atoms with Gasteiger partial charge < -0.3 is 14.5 Å². The number of amides is 1. The first kappa shape index (κ1) is 19.9. The van der Waals surface area contributed by atoms with Crippen LogP contribution in [-0.2, 0) is 30.8 Å². The number of fused-ring (bicyclic) bond motifs is 1. The van der Waals surface area contributed by atoms with Crippen molar-refractivity contribution < 1.29 is 13.9 Å². The highest BCUT2D eigenvalue weighted by atomic mass is 16.5. The van der Waals surface area contributed by atoms with Crippen molar-refractivity contribution in [1.82, 2.24) is 10.2 Å². The van der Waals surface area contributed by atoms with Crippen LogP contribution in [0.3, 0.4) is 0 Å². The Balaban J connectivity index is 1.28. The fraction of sp³-hybridized carbons (Fsp3) is 0.250. The number of nitrogens with one attached hydrogen (secondary N) is 1. The third-order valence-electron chi connectivity index (χ3n) is 5.13. The van der Waals surface area contributed by atoms with Gasteiger partial charge in [0.05, 0.1) is 6.54 Å². The van der Waals surface area contributed by atoms with Crippen molar-refractivity contribution in [1.29, 1.82) is 0 Å². The maximum atomic E-state index is 12.3. The van der Waals surface area contributed by atoms with Crippen LogP contribution in [0.15, 0.2) is 76.1 Å². The van der Waals surface area contributed by atoms with Gasteiger partial charge in [-0.1, -0.05) is 54.6 Å². The fourth-order valence-corrected chi connectivity index (χ4v) is 3.53. The topological polar surface area (TPSA) is 71.8 Å². The van der Waals surface area contributed by atoms with Crippen molar-refractivity contribution in [2.75, 3.05) is 13.2 Å². The van der Waals surface area contributed by atoms with Gasteiger partial charge in [0.1, 0.15) is 12.0 Å². The molecule has 0 unspecified atom stereocenters. The highest BCUT2D eigenvalue weighted by Gasteiger charge is 2.17. The molecule has 0 saturated heterocycles. The number of ether oxygens (including phenoxy) is 1. The second-order valence-corrected chi connectivity index (χ2v) is 7.36. The molecule has 1 aliphatic heterocycles. The monoisotopic (exact) mass is 404 g/mol. The molecule has 1 aromatic heterocycles. The molecule has 154 valence electrons. The molecule has 2 heterocycles. The Morgan fingerprint density at radius 1 is 1.07 bits per heavy atom. The zero-order valence-corrected chi connectivity index (χ0v) is 16.7. The van der Waals surface area contributed by atoms with Crippen LogP contribution in [0.5, 0.6) is 5.75 Å². The van der Waals surface area contributed by atoms with E-state index < -0.39 is 0 Å². The maximum Gasteiger partial charge on any atom is 0.258 e. The van der Waals surface area contributed by atoms with Crippen molar-refractivity contribution in [3.63, 3.8) is 0 Å². The summed E-state index contributed by atoms with van der Waals surface area (Å²) in [7, 11) is 0. The summed E-state index contributed by atoms with van der Waals surface area (Å²) >= 11 is 0. The number of nitrogens with zero attached hydrogens (tertiary/aromatic N) is 1. The van der Waals surface area contributed by atoms with E-state index in [1.165, 1.54) is 23.5 Å². The van der Waals surface area contributed by atoms with E-state index in [1.807, 2.05) is 36.4 Å². The van der Waals surface area contributed by atoms with E-state index in [0.29, 0.717) is 18.8 Å². The van der Waals surface area contributed by atoms with Gasteiger partial charge in [0.25, 0.3) is 5.91 Å². The lowest BCUT2D eigenvalue weighted by Crippen LogP contribution is -2.30. The first-order valence-corrected chi connectivity index (χ1v) is 10.0. The number of benzene rings is 2. The summed E-state index contributed by atoms with van der Waals surface area (Å²) in [6, 6.07) is 19.4. The quantitative estimate of drug-likeness (QED) is 0.656. The SMILES string of the molecule is O=C(COc1coc(CN2CCc3ccccc3C2)cc1=O)NCc1ccccc1. The number of hydrogen-bond acceptors (Lipinski definition) is 5. The van der Waals surface area contributed by atoms with Crippen molar-refractivity contribution >= 4 is 5.91 Å². The largest absolute Gasteiger partial charge is 0.477 e. The summed E-state index contributed by atoms with van der Waals surface area (Å²) in [6.45, 7) is 2.48. The highest BCUT2D eigenvalue weighted by Crippen LogP contribution is 2.20. The number of rotatable bonds is 7. The summed E-state index contributed by atoms with van der Waals surface area (Å²) < 4.78 is 10.9. The van der Waals surface area contributed by atoms with Gasteiger partial charge in [0, 0.05) is 25.7 Å². The van der Waals surface area contributed by atoms with Gasteiger partial charge in [-0.05, 0) is 23.1 Å². The first-order valence-electron chi connectivity index (χ1n) is 10.0. The molecular weight excluding hydrogens is 380 g/mol. The first-order chi connectivity index (χ1) is 14.7. The minimum Gasteiger partial charge on any atom is -0.477 e. The van der Waals surface area contributed by atoms with Gasteiger partial charge >= 0.3 is 0 Å². The average molecular weight is 404 g/mol. The molecule has 1 N–H and O–H groups in total. The molecule has 0 spiro atoms. The van der Waals surface area contributed by atoms with E-state index in [-0.39, 0.29) is 23.7 Å². The third-order valence-corrected chi connectivity index (χ3v) is 5.13. The zero-order chi connectivity index (χ0) is 20.8. The molecule has 4 rings (SSSR count). The van der Waals surface area contributed by atoms with E-state index in [1.54, 1.807) is 0 Å². The molecule has 6 heteroatoms. The van der Waals surface area contributed by atoms with Gasteiger partial charge in [-0.25, -0.2) is 0 Å². The van der Waals surface area contributed by atoms with Gasteiger partial charge in [0.15, 0.2) is 6.61 Å². The maximum absolute atomic E-state index is 12.3. The molecule has 2 aromatic carbocycles. The number of carbonyl (C=O) groups excluding carboxylic acids is 1. The normalized spacial score (nSPS) is 13.5. The van der Waals surface area contributed by atoms with Crippen molar-refractivity contribution in [2.24, 2.45) is 0 Å². The zero-order valence-electron chi connectivity index (χ0n) is 16.7. The standard InChI is InChI=1S/C24H24N2O4/c27-22-12-21(15-26-11-10-19-8-4-5-9-20(19)14-26)29-16-23(22)30-17-24(28)25-13-18-6-2-1-3-7-18/h1-9,12,16H,10-11,13-15,17H2,(H,25,28). The molecule has 1 aliphatic rings. The lowest BCUT2D eigenvalue weighted by molar-refractivity contribution is -0.123. The molecule has 3 aromatic rings. The van der Waals surface area contributed by atoms with Crippen molar-refractivity contribution in [3.8, 4) is 5.75 Å². The van der Waals surface area contributed by atoms with E-state index >= 15 is 0 Å². The predicted molar refractivity (Wildman–Crippen MR) is 113 cm³/mol. The highest BCUT2D eigenvalue weighted by molar-refractivity contribution is 5.77. The molecule has 1 amide bonds. The van der Waals surface area contributed by atoms with Crippen LogP contribution in [0.1, 0.15) is 22.5 Å². The smallest absolute Gasteiger partial charge is 0.258 e. The molecule has 0 saturated carbocycles. The Morgan fingerprint density at radius 3 is 2.63 bits per heavy atom. The lowest BCUT2D eigenvalue weighted by atomic mass is 10.00. The van der Waals surface area contributed by atoms with E-state index in [2.05, 4.69) is 28.4 Å². The average Bonchev–Trinajstić information content (AvgIpc) is 2.78. The Labute approximate surface area is 175 Å². The Kier molecular flexibility index (Phi) is 6.25. The second-order valence-electron chi connectivity index (χ2n) is 7.36. The van der Waals surface area contributed by atoms with E-state index in [9.17, 15) is 9.59 Å². The summed E-state index contributed by atoms with van der Waals surface area (Å²) in [4.78, 5) is 26.5. The third kappa shape index (κ3) is 5.15. The van der Waals surface area contributed by atoms with Gasteiger partial charge in [-0.3, -0.25) is 14.5 Å². The van der Waals surface area contributed by atoms with Crippen LogP contribution in [0.25, 0.3) is 0 Å². The second kappa shape index (κ2) is 9.41. The Hall–Kier alpha value is -3.38. The molecule has 0 atom stereocenters. The van der Waals surface area contributed by atoms with Crippen LogP contribution < -0.4 is 15.5 Å². The van der Waals surface area contributed by atoms with Crippen LogP contribution in [0.4, 0.5) is 0 Å². The lowest BCUT2D eigenvalue weighted by Gasteiger charge is -2.28. The summed E-state index contributed by atoms with van der Waals surface area (Å²) in [5, 5.41) is 2.76. The van der Waals surface area contributed by atoms with Gasteiger partial charge in [-0.2, -0.15) is 0 Å². The van der Waals surface area contributed by atoms with Crippen LogP contribution in [0.2, 0.25) is 0 Å². The van der Waals surface area contributed by atoms with Gasteiger partial charge in [-0.15, -0.1) is 0 Å². The number of carbonyl (C=O) groups is 1. The molecule has 0 bridgehead atoms. The molecule has 30 heavy (non-hydrogen) atoms. The predicted octanol–water partition coefficient (Wildman–Crippen LogP) is 2.89. The Bertz CT molecular complexity index is 1060. The Morgan fingerprint density at radius 2 is 1.83 bits per heavy atom. The van der Waals surface area contributed by atoms with Crippen molar-refractivity contribution in [2.45, 2.75) is 26.1 Å². The van der Waals surface area contributed by atoms with Crippen LogP contribution >= 0.6 is 0 Å². The fourth-order valence-electron chi connectivity index (χ4n) is 3.53. The van der Waals surface area contributed by atoms with Crippen LogP contribution in [-0.4, -0.2) is 24.0 Å². The van der Waals surface area contributed by atoms with E-state index in [4.69, 9.17) is 9.15 Å². The minimum atomic E-state index is -0.297. The molecule has 6 nitrogen and oxygen atoms in total. The minimum absolute atomic E-state index is 0.0394. The summed E-state index contributed by atoms with van der Waals surface area (Å²) in [5.41, 5.74) is 3.40. The number of hydrogen-bond donors (Lipinski definition) is 1. The van der Waals surface area contributed by atoms with E-state index in [0.717, 1.165) is 25.1 Å². The molecule has 0 radical (unpaired) electrons. The molecule has 0 aliphatic carbocycles. The van der Waals surface area contributed by atoms with Crippen LogP contribution in [0, 0.1) is 0 Å². The van der Waals surface area contributed by atoms with Crippen molar-refractivity contribution in [3.05, 3.63) is 99.6 Å². The van der Waals surface area contributed by atoms with Gasteiger partial charge in [0.2, 0.25) is 11.2 Å². The molecule has 0 fully saturated rings. The summed E-state index contributed by atoms with van der Waals surface area (Å²) in [6.07, 6.45) is 2.28.